The van der Waals surface area contributed by atoms with Crippen molar-refractivity contribution in [2.75, 3.05) is 0 Å². The van der Waals surface area contributed by atoms with Gasteiger partial charge in [-0.25, -0.2) is 9.78 Å². The van der Waals surface area contributed by atoms with Crippen LogP contribution in [0.5, 0.6) is 5.75 Å². The maximum atomic E-state index is 11.2. The Bertz CT molecular complexity index is 916. The SMILES string of the molecule is CC(C)(Oc1ccc(-c2nc3cc4c(cc3s2)CCC4)cc1)C(=O)O. The molecule has 1 N–H and O–H groups in total. The molecule has 1 heterocycles. The quantitative estimate of drug-likeness (QED) is 0.739. The highest BCUT2D eigenvalue weighted by Gasteiger charge is 2.29. The molecule has 0 amide bonds. The van der Waals surface area contributed by atoms with Gasteiger partial charge < -0.3 is 9.84 Å². The fraction of sp³-hybridized carbons (Fsp3) is 0.300. The van der Waals surface area contributed by atoms with E-state index >= 15 is 0 Å². The number of thiazole rings is 1. The number of aryl methyl sites for hydroxylation is 2. The van der Waals surface area contributed by atoms with Crippen molar-refractivity contribution in [2.45, 2.75) is 38.7 Å². The lowest BCUT2D eigenvalue weighted by Gasteiger charge is -2.21. The lowest BCUT2D eigenvalue weighted by molar-refractivity contribution is -0.152. The van der Waals surface area contributed by atoms with Gasteiger partial charge in [-0.05, 0) is 80.6 Å². The fourth-order valence-electron chi connectivity index (χ4n) is 3.12. The number of aromatic nitrogens is 1. The molecular weight excluding hydrogens is 334 g/mol. The zero-order chi connectivity index (χ0) is 17.6. The number of ether oxygens (including phenoxy) is 1. The Labute approximate surface area is 150 Å². The molecule has 3 aromatic rings. The van der Waals surface area contributed by atoms with Crippen molar-refractivity contribution in [3.05, 3.63) is 47.5 Å². The van der Waals surface area contributed by atoms with Crippen molar-refractivity contribution >= 4 is 27.5 Å². The van der Waals surface area contributed by atoms with Gasteiger partial charge in [-0.2, -0.15) is 0 Å². The molecule has 0 fully saturated rings. The standard InChI is InChI=1S/C20H19NO3S/c1-20(2,19(22)23)24-15-8-6-12(7-9-15)18-21-16-10-13-4-3-5-14(13)11-17(16)25-18/h6-11H,3-5H2,1-2H3,(H,22,23). The predicted molar refractivity (Wildman–Crippen MR) is 99.4 cm³/mol. The largest absolute Gasteiger partial charge is 0.478 e. The average Bonchev–Trinajstić information content (AvgIpc) is 3.18. The topological polar surface area (TPSA) is 59.4 Å². The Kier molecular flexibility index (Phi) is 3.76. The maximum absolute atomic E-state index is 11.2. The van der Waals surface area contributed by atoms with Crippen LogP contribution >= 0.6 is 11.3 Å². The van der Waals surface area contributed by atoms with Gasteiger partial charge in [0.1, 0.15) is 10.8 Å². The van der Waals surface area contributed by atoms with E-state index in [0.717, 1.165) is 22.5 Å². The molecule has 0 atom stereocenters. The summed E-state index contributed by atoms with van der Waals surface area (Å²) in [5.41, 5.74) is 3.72. The van der Waals surface area contributed by atoms with Crippen LogP contribution in [0.1, 0.15) is 31.4 Å². The Morgan fingerprint density at radius 3 is 2.52 bits per heavy atom. The maximum Gasteiger partial charge on any atom is 0.347 e. The first-order chi connectivity index (χ1) is 11.9. The Morgan fingerprint density at radius 2 is 1.84 bits per heavy atom. The van der Waals surface area contributed by atoms with Gasteiger partial charge in [0.25, 0.3) is 0 Å². The highest BCUT2D eigenvalue weighted by molar-refractivity contribution is 7.21. The first-order valence-electron chi connectivity index (χ1n) is 8.37. The number of aliphatic carboxylic acids is 1. The first kappa shape index (κ1) is 16.1. The molecule has 1 aliphatic rings. The molecule has 0 saturated heterocycles. The molecule has 25 heavy (non-hydrogen) atoms. The van der Waals surface area contributed by atoms with Gasteiger partial charge in [0.15, 0.2) is 5.60 Å². The number of hydrogen-bond acceptors (Lipinski definition) is 4. The normalized spacial score (nSPS) is 13.8. The number of carbonyl (C=O) groups is 1. The summed E-state index contributed by atoms with van der Waals surface area (Å²) in [6.07, 6.45) is 3.57. The van der Waals surface area contributed by atoms with E-state index in [2.05, 4.69) is 12.1 Å². The van der Waals surface area contributed by atoms with Crippen molar-refractivity contribution in [3.63, 3.8) is 0 Å². The monoisotopic (exact) mass is 353 g/mol. The zero-order valence-electron chi connectivity index (χ0n) is 14.2. The summed E-state index contributed by atoms with van der Waals surface area (Å²) in [4.78, 5) is 15.9. The van der Waals surface area contributed by atoms with Gasteiger partial charge in [0.05, 0.1) is 10.2 Å². The van der Waals surface area contributed by atoms with E-state index in [-0.39, 0.29) is 0 Å². The molecule has 0 radical (unpaired) electrons. The summed E-state index contributed by atoms with van der Waals surface area (Å²) in [7, 11) is 0. The molecule has 0 aliphatic heterocycles. The molecule has 128 valence electrons. The molecule has 0 spiro atoms. The lowest BCUT2D eigenvalue weighted by atomic mass is 10.1. The molecule has 4 rings (SSSR count). The molecule has 5 heteroatoms. The molecule has 0 bridgehead atoms. The van der Waals surface area contributed by atoms with Crippen LogP contribution in [0.25, 0.3) is 20.8 Å². The number of rotatable bonds is 4. The van der Waals surface area contributed by atoms with Crippen molar-refractivity contribution in [1.29, 1.82) is 0 Å². The molecular formula is C20H19NO3S. The van der Waals surface area contributed by atoms with Crippen LogP contribution in [0.3, 0.4) is 0 Å². The summed E-state index contributed by atoms with van der Waals surface area (Å²) >= 11 is 1.69. The summed E-state index contributed by atoms with van der Waals surface area (Å²) in [5.74, 6) is -0.452. The molecule has 4 nitrogen and oxygen atoms in total. The second kappa shape index (κ2) is 5.85. The van der Waals surface area contributed by atoms with E-state index in [1.54, 1.807) is 23.5 Å². The number of carboxylic acids is 1. The van der Waals surface area contributed by atoms with Crippen LogP contribution in [-0.2, 0) is 17.6 Å². The second-order valence-electron chi connectivity index (χ2n) is 6.90. The van der Waals surface area contributed by atoms with E-state index in [9.17, 15) is 4.79 Å². The van der Waals surface area contributed by atoms with E-state index in [1.165, 1.54) is 42.5 Å². The smallest absolute Gasteiger partial charge is 0.347 e. The average molecular weight is 353 g/mol. The highest BCUT2D eigenvalue weighted by atomic mass is 32.1. The zero-order valence-corrected chi connectivity index (χ0v) is 15.0. The minimum absolute atomic E-state index is 0.538. The summed E-state index contributed by atoms with van der Waals surface area (Å²) in [5, 5.41) is 10.1. The number of nitrogens with zero attached hydrogens (tertiary/aromatic N) is 1. The third-order valence-electron chi connectivity index (χ3n) is 4.59. The molecule has 2 aromatic carbocycles. The van der Waals surface area contributed by atoms with Gasteiger partial charge in [-0.15, -0.1) is 11.3 Å². The van der Waals surface area contributed by atoms with Crippen molar-refractivity contribution in [2.24, 2.45) is 0 Å². The highest BCUT2D eigenvalue weighted by Crippen LogP contribution is 2.35. The third kappa shape index (κ3) is 3.00. The van der Waals surface area contributed by atoms with Gasteiger partial charge in [0.2, 0.25) is 0 Å². The lowest BCUT2D eigenvalue weighted by Crippen LogP contribution is -2.37. The van der Waals surface area contributed by atoms with Crippen LogP contribution in [-0.4, -0.2) is 21.7 Å². The molecule has 0 saturated carbocycles. The summed E-state index contributed by atoms with van der Waals surface area (Å²) in [6, 6.07) is 12.0. The Balaban J connectivity index is 1.62. The van der Waals surface area contributed by atoms with Gasteiger partial charge in [0, 0.05) is 5.56 Å². The van der Waals surface area contributed by atoms with Crippen LogP contribution in [0, 0.1) is 0 Å². The van der Waals surface area contributed by atoms with Crippen molar-refractivity contribution in [1.82, 2.24) is 4.98 Å². The number of fused-ring (bicyclic) bond motifs is 2. The number of carboxylic acid groups (broad SMARTS) is 1. The predicted octanol–water partition coefficient (Wildman–Crippen LogP) is 4.69. The Hall–Kier alpha value is -2.40. The van der Waals surface area contributed by atoms with Crippen LogP contribution in [0.15, 0.2) is 36.4 Å². The van der Waals surface area contributed by atoms with E-state index in [4.69, 9.17) is 14.8 Å². The Morgan fingerprint density at radius 1 is 1.16 bits per heavy atom. The van der Waals surface area contributed by atoms with E-state index < -0.39 is 11.6 Å². The number of hydrogen-bond donors (Lipinski definition) is 1. The first-order valence-corrected chi connectivity index (χ1v) is 9.19. The molecule has 1 aliphatic carbocycles. The van der Waals surface area contributed by atoms with Gasteiger partial charge in [-0.1, -0.05) is 0 Å². The molecule has 1 aromatic heterocycles. The third-order valence-corrected chi connectivity index (χ3v) is 5.66. The van der Waals surface area contributed by atoms with Crippen LogP contribution in [0.2, 0.25) is 0 Å². The van der Waals surface area contributed by atoms with Crippen LogP contribution in [0.4, 0.5) is 0 Å². The van der Waals surface area contributed by atoms with Crippen molar-refractivity contribution < 1.29 is 14.6 Å². The minimum Gasteiger partial charge on any atom is -0.478 e. The minimum atomic E-state index is -1.25. The molecule has 0 unspecified atom stereocenters. The second-order valence-corrected chi connectivity index (χ2v) is 7.93. The van der Waals surface area contributed by atoms with E-state index in [1.807, 2.05) is 12.1 Å². The van der Waals surface area contributed by atoms with Gasteiger partial charge >= 0.3 is 5.97 Å². The van der Waals surface area contributed by atoms with Crippen LogP contribution < -0.4 is 4.74 Å². The van der Waals surface area contributed by atoms with Gasteiger partial charge in [-0.3, -0.25) is 0 Å². The van der Waals surface area contributed by atoms with Crippen molar-refractivity contribution in [3.8, 4) is 16.3 Å². The summed E-state index contributed by atoms with van der Waals surface area (Å²) < 4.78 is 6.78. The number of benzene rings is 2. The fourth-order valence-corrected chi connectivity index (χ4v) is 4.14. The van der Waals surface area contributed by atoms with E-state index in [0.29, 0.717) is 5.75 Å². The summed E-state index contributed by atoms with van der Waals surface area (Å²) in [6.45, 7) is 3.08.